The molecule has 2 heterocycles. The number of rotatable bonds is 3. The maximum atomic E-state index is 5.14. The molecule has 4 aromatic rings. The first-order chi connectivity index (χ1) is 17.8. The molecule has 3 aliphatic carbocycles. The van der Waals surface area contributed by atoms with Crippen LogP contribution in [-0.4, -0.2) is 19.7 Å². The summed E-state index contributed by atoms with van der Waals surface area (Å²) in [5, 5.41) is 5.06. The highest BCUT2D eigenvalue weighted by molar-refractivity contribution is 5.82. The molecule has 0 atom stereocenters. The van der Waals surface area contributed by atoms with Crippen molar-refractivity contribution in [1.29, 1.82) is 0 Å². The van der Waals surface area contributed by atoms with Gasteiger partial charge in [-0.15, -0.1) is 0 Å². The summed E-state index contributed by atoms with van der Waals surface area (Å²) in [4.78, 5) is 9.78. The highest BCUT2D eigenvalue weighted by Gasteiger charge is 2.62. The first kappa shape index (κ1) is 22.9. The van der Waals surface area contributed by atoms with E-state index in [9.17, 15) is 0 Å². The molecular weight excluding hydrogens is 452 g/mol. The fourth-order valence-corrected chi connectivity index (χ4v) is 8.40. The van der Waals surface area contributed by atoms with Crippen molar-refractivity contribution in [2.75, 3.05) is 0 Å². The molecule has 4 nitrogen and oxygen atoms in total. The molecule has 0 unspecified atom stereocenters. The third-order valence-corrected chi connectivity index (χ3v) is 9.74. The van der Waals surface area contributed by atoms with Gasteiger partial charge >= 0.3 is 0 Å². The van der Waals surface area contributed by atoms with Crippen LogP contribution in [0.5, 0.6) is 0 Å². The van der Waals surface area contributed by atoms with Gasteiger partial charge < -0.3 is 0 Å². The second kappa shape index (κ2) is 7.86. The molecule has 2 fully saturated rings. The molecule has 188 valence electrons. The molecule has 2 aromatic heterocycles. The summed E-state index contributed by atoms with van der Waals surface area (Å²) in [5.41, 5.74) is 12.4. The lowest BCUT2D eigenvalue weighted by atomic mass is 9.55. The van der Waals surface area contributed by atoms with E-state index in [4.69, 9.17) is 10.1 Å². The molecule has 2 aromatic carbocycles. The zero-order chi connectivity index (χ0) is 25.5. The fourth-order valence-electron chi connectivity index (χ4n) is 8.40. The highest BCUT2D eigenvalue weighted by Crippen LogP contribution is 2.69. The van der Waals surface area contributed by atoms with Crippen LogP contribution in [0.2, 0.25) is 0 Å². The van der Waals surface area contributed by atoms with E-state index in [0.717, 1.165) is 22.9 Å². The van der Waals surface area contributed by atoms with E-state index in [2.05, 4.69) is 86.9 Å². The summed E-state index contributed by atoms with van der Waals surface area (Å²) in [7, 11) is 0. The second-order valence-corrected chi connectivity index (χ2v) is 12.2. The first-order valence-electron chi connectivity index (χ1n) is 14.0. The van der Waals surface area contributed by atoms with Gasteiger partial charge in [0.2, 0.25) is 0 Å². The van der Waals surface area contributed by atoms with Gasteiger partial charge in [0.15, 0.2) is 11.6 Å². The topological polar surface area (TPSA) is 43.6 Å². The fraction of sp³-hybridized carbons (Fsp3) is 0.424. The molecule has 2 saturated carbocycles. The molecule has 0 bridgehead atoms. The molecule has 7 rings (SSSR count). The van der Waals surface area contributed by atoms with E-state index in [1.54, 1.807) is 5.56 Å². The highest BCUT2D eigenvalue weighted by atomic mass is 15.4. The smallest absolute Gasteiger partial charge is 0.163 e. The van der Waals surface area contributed by atoms with E-state index in [0.29, 0.717) is 0 Å². The third-order valence-electron chi connectivity index (χ3n) is 9.74. The van der Waals surface area contributed by atoms with E-state index in [-0.39, 0.29) is 16.7 Å². The second-order valence-electron chi connectivity index (χ2n) is 12.2. The third kappa shape index (κ3) is 2.99. The Hall–Kier alpha value is -3.27. The molecule has 0 N–H and O–H groups in total. The van der Waals surface area contributed by atoms with Gasteiger partial charge in [-0.05, 0) is 92.0 Å². The number of aryl methyl sites for hydroxylation is 3. The Bertz CT molecular complexity index is 1520. The Morgan fingerprint density at radius 2 is 1.49 bits per heavy atom. The van der Waals surface area contributed by atoms with E-state index in [1.165, 1.54) is 71.9 Å². The van der Waals surface area contributed by atoms with Gasteiger partial charge in [-0.25, -0.2) is 9.67 Å². The largest absolute Gasteiger partial charge is 0.264 e. The van der Waals surface area contributed by atoms with Gasteiger partial charge in [-0.2, -0.15) is 5.10 Å². The predicted octanol–water partition coefficient (Wildman–Crippen LogP) is 7.90. The molecule has 0 saturated heterocycles. The molecule has 3 aliphatic rings. The molecule has 0 amide bonds. The Kier molecular flexibility index (Phi) is 4.87. The minimum absolute atomic E-state index is 0.256. The van der Waals surface area contributed by atoms with Crippen molar-refractivity contribution < 1.29 is 0 Å². The Morgan fingerprint density at radius 3 is 2.16 bits per heavy atom. The normalized spacial score (nSPS) is 23.6. The van der Waals surface area contributed by atoms with E-state index >= 15 is 0 Å². The van der Waals surface area contributed by atoms with Gasteiger partial charge in [-0.3, -0.25) is 4.98 Å². The minimum Gasteiger partial charge on any atom is -0.264 e. The van der Waals surface area contributed by atoms with Crippen LogP contribution in [0.15, 0.2) is 48.8 Å². The van der Waals surface area contributed by atoms with Crippen LogP contribution >= 0.6 is 0 Å². The number of aromatic nitrogens is 4. The number of fused-ring (bicyclic) bond motifs is 3. The molecule has 0 aliphatic heterocycles. The summed E-state index contributed by atoms with van der Waals surface area (Å²) in [6.45, 7) is 10.9. The first-order valence-corrected chi connectivity index (χ1v) is 14.0. The van der Waals surface area contributed by atoms with Crippen LogP contribution in [0.25, 0.3) is 28.2 Å². The van der Waals surface area contributed by atoms with Gasteiger partial charge in [0.1, 0.15) is 0 Å². The van der Waals surface area contributed by atoms with Crippen molar-refractivity contribution in [2.45, 2.75) is 89.9 Å². The minimum atomic E-state index is 0.256. The van der Waals surface area contributed by atoms with Gasteiger partial charge in [0.05, 0.1) is 5.69 Å². The molecular formula is C33H36N4. The molecule has 37 heavy (non-hydrogen) atoms. The Balaban J connectivity index is 1.47. The van der Waals surface area contributed by atoms with Crippen molar-refractivity contribution in [3.63, 3.8) is 0 Å². The van der Waals surface area contributed by atoms with E-state index < -0.39 is 0 Å². The predicted molar refractivity (Wildman–Crippen MR) is 149 cm³/mol. The van der Waals surface area contributed by atoms with Crippen LogP contribution in [-0.2, 0) is 10.8 Å². The number of nitrogens with zero attached hydrogens (tertiary/aromatic N) is 4. The summed E-state index contributed by atoms with van der Waals surface area (Å²) in [5.74, 6) is 2.08. The molecule has 0 spiro atoms. The Morgan fingerprint density at radius 1 is 0.811 bits per heavy atom. The lowest BCUT2D eigenvalue weighted by Crippen LogP contribution is -2.43. The summed E-state index contributed by atoms with van der Waals surface area (Å²) in [6.07, 6.45) is 12.0. The SMILES string of the molecule is Cc1cc(C)c(-n2nc(C(C)C)nc2-c2ccc3c(c2)-c2ccncc2C24CCCC32CCC4)c(C)c1. The molecule has 4 heteroatoms. The lowest BCUT2D eigenvalue weighted by Gasteiger charge is -2.47. The number of hydrogen-bond acceptors (Lipinski definition) is 3. The van der Waals surface area contributed by atoms with Gasteiger partial charge in [-0.1, -0.05) is 56.5 Å². The summed E-state index contributed by atoms with van der Waals surface area (Å²) in [6, 6.07) is 13.9. The maximum Gasteiger partial charge on any atom is 0.163 e. The standard InChI is InChI=1S/C33H36N4/c1-20(2)30-35-31(37(36-30)29-22(4)16-21(3)17-23(29)5)24-8-9-27-26(18-24)25-10-15-34-19-28(25)33-13-6-11-32(27,33)12-7-14-33/h8-10,15-20H,6-7,11-14H2,1-5H3. The number of benzene rings is 2. The van der Waals surface area contributed by atoms with Gasteiger partial charge in [0, 0.05) is 34.7 Å². The van der Waals surface area contributed by atoms with Crippen molar-refractivity contribution in [2.24, 2.45) is 0 Å². The number of hydrogen-bond donors (Lipinski definition) is 0. The average molecular weight is 489 g/mol. The van der Waals surface area contributed by atoms with Crippen LogP contribution in [0.1, 0.15) is 91.9 Å². The van der Waals surface area contributed by atoms with E-state index in [1.807, 2.05) is 6.20 Å². The van der Waals surface area contributed by atoms with Crippen LogP contribution in [0.4, 0.5) is 0 Å². The van der Waals surface area contributed by atoms with Crippen molar-refractivity contribution in [3.8, 4) is 28.2 Å². The maximum absolute atomic E-state index is 5.14. The van der Waals surface area contributed by atoms with Crippen LogP contribution in [0, 0.1) is 20.8 Å². The van der Waals surface area contributed by atoms with Gasteiger partial charge in [0.25, 0.3) is 0 Å². The number of pyridine rings is 1. The van der Waals surface area contributed by atoms with Crippen molar-refractivity contribution in [1.82, 2.24) is 19.7 Å². The lowest BCUT2D eigenvalue weighted by molar-refractivity contribution is 0.298. The van der Waals surface area contributed by atoms with Crippen LogP contribution in [0.3, 0.4) is 0 Å². The quantitative estimate of drug-likeness (QED) is 0.294. The molecule has 0 radical (unpaired) electrons. The summed E-state index contributed by atoms with van der Waals surface area (Å²) >= 11 is 0. The zero-order valence-electron chi connectivity index (χ0n) is 22.7. The van der Waals surface area contributed by atoms with Crippen molar-refractivity contribution in [3.05, 3.63) is 82.4 Å². The average Bonchev–Trinajstić information content (AvgIpc) is 3.56. The van der Waals surface area contributed by atoms with Crippen LogP contribution < -0.4 is 0 Å². The summed E-state index contributed by atoms with van der Waals surface area (Å²) < 4.78 is 2.10. The zero-order valence-corrected chi connectivity index (χ0v) is 22.7. The van der Waals surface area contributed by atoms with Crippen molar-refractivity contribution >= 4 is 0 Å². The monoisotopic (exact) mass is 488 g/mol. The Labute approximate surface area is 220 Å².